The number of aliphatic imine (C=N–C) groups is 1. The van der Waals surface area contributed by atoms with Crippen molar-refractivity contribution in [3.8, 4) is 16.9 Å². The molecule has 2 heterocycles. The van der Waals surface area contributed by atoms with Crippen molar-refractivity contribution in [2.45, 2.75) is 57.9 Å². The number of phenols is 1. The van der Waals surface area contributed by atoms with Gasteiger partial charge < -0.3 is 16.2 Å². The first-order valence-electron chi connectivity index (χ1n) is 12.6. The van der Waals surface area contributed by atoms with Gasteiger partial charge in [-0.3, -0.25) is 0 Å². The molecule has 180 valence electrons. The van der Waals surface area contributed by atoms with E-state index in [4.69, 9.17) is 15.8 Å². The molecule has 0 unspecified atom stereocenters. The molecule has 0 saturated heterocycles. The van der Waals surface area contributed by atoms with Gasteiger partial charge in [-0.2, -0.15) is 5.10 Å². The highest BCUT2D eigenvalue weighted by Crippen LogP contribution is 2.32. The Bertz CT molecular complexity index is 1330. The number of aromatic nitrogens is 2. The van der Waals surface area contributed by atoms with Crippen LogP contribution < -0.4 is 11.1 Å². The summed E-state index contributed by atoms with van der Waals surface area (Å²) in [6.07, 6.45) is 12.0. The summed E-state index contributed by atoms with van der Waals surface area (Å²) in [4.78, 5) is 4.78. The van der Waals surface area contributed by atoms with Crippen LogP contribution in [-0.4, -0.2) is 26.6 Å². The van der Waals surface area contributed by atoms with Crippen molar-refractivity contribution >= 4 is 22.7 Å². The average molecular weight is 468 g/mol. The van der Waals surface area contributed by atoms with E-state index in [0.717, 1.165) is 58.4 Å². The molecule has 2 aromatic carbocycles. The third kappa shape index (κ3) is 5.02. The molecule has 1 fully saturated rings. The van der Waals surface area contributed by atoms with Gasteiger partial charge in [-0.15, -0.1) is 0 Å². The maximum Gasteiger partial charge on any atom is 0.135 e. The summed E-state index contributed by atoms with van der Waals surface area (Å²) in [5, 5.41) is 18.4. The number of hydrogen-bond acceptors (Lipinski definition) is 4. The van der Waals surface area contributed by atoms with Gasteiger partial charge in [0.15, 0.2) is 0 Å². The number of rotatable bonds is 6. The highest BCUT2D eigenvalue weighted by molar-refractivity contribution is 6.06. The quantitative estimate of drug-likeness (QED) is 0.173. The van der Waals surface area contributed by atoms with Crippen LogP contribution in [0.5, 0.6) is 5.75 Å². The van der Waals surface area contributed by atoms with Crippen LogP contribution >= 0.6 is 0 Å². The van der Waals surface area contributed by atoms with Crippen LogP contribution in [-0.2, 0) is 6.42 Å². The molecule has 35 heavy (non-hydrogen) atoms. The van der Waals surface area contributed by atoms with Crippen LogP contribution in [0.25, 0.3) is 16.6 Å². The number of anilines is 1. The maximum absolute atomic E-state index is 9.88. The van der Waals surface area contributed by atoms with Crippen LogP contribution in [0.2, 0.25) is 0 Å². The minimum atomic E-state index is 0.236. The zero-order chi connectivity index (χ0) is 24.2. The summed E-state index contributed by atoms with van der Waals surface area (Å²) in [5.41, 5.74) is 13.4. The average Bonchev–Trinajstić information content (AvgIpc) is 3.16. The van der Waals surface area contributed by atoms with Crippen molar-refractivity contribution in [1.82, 2.24) is 9.61 Å². The number of fused-ring (bicyclic) bond motifs is 1. The minimum Gasteiger partial charge on any atom is -0.508 e. The SMILES string of the molecule is CCc1cc(O)ccc1N=C(N)c1cnn2cc(-c3ccccc3)cc2c1NC1CCCCCC1. The number of phenolic OH excluding ortho intramolecular Hbond substituents is 1. The fourth-order valence-corrected chi connectivity index (χ4v) is 4.97. The Morgan fingerprint density at radius 3 is 2.57 bits per heavy atom. The minimum absolute atomic E-state index is 0.236. The Morgan fingerprint density at radius 1 is 1.06 bits per heavy atom. The summed E-state index contributed by atoms with van der Waals surface area (Å²) >= 11 is 0. The second-order valence-corrected chi connectivity index (χ2v) is 9.35. The van der Waals surface area contributed by atoms with Gasteiger partial charge in [0.25, 0.3) is 0 Å². The monoisotopic (exact) mass is 467 g/mol. The molecule has 0 aliphatic heterocycles. The predicted molar refractivity (Wildman–Crippen MR) is 144 cm³/mol. The fraction of sp³-hybridized carbons (Fsp3) is 0.310. The number of hydrogen-bond donors (Lipinski definition) is 3. The topological polar surface area (TPSA) is 87.9 Å². The first-order valence-corrected chi connectivity index (χ1v) is 12.6. The fourth-order valence-electron chi connectivity index (χ4n) is 4.97. The summed E-state index contributed by atoms with van der Waals surface area (Å²) in [6, 6.07) is 18.1. The van der Waals surface area contributed by atoms with Gasteiger partial charge in [0.05, 0.1) is 28.7 Å². The number of nitrogens with zero attached hydrogens (tertiary/aromatic N) is 3. The van der Waals surface area contributed by atoms with E-state index in [1.807, 2.05) is 29.8 Å². The lowest BCUT2D eigenvalue weighted by Gasteiger charge is -2.21. The molecule has 2 aromatic heterocycles. The van der Waals surface area contributed by atoms with Crippen molar-refractivity contribution in [3.05, 3.63) is 78.1 Å². The number of nitrogens with one attached hydrogen (secondary N) is 1. The van der Waals surface area contributed by atoms with Gasteiger partial charge >= 0.3 is 0 Å². The number of benzene rings is 2. The molecule has 6 heteroatoms. The molecule has 5 rings (SSSR count). The molecule has 0 spiro atoms. The molecule has 1 aliphatic carbocycles. The molecular formula is C29H33N5O. The summed E-state index contributed by atoms with van der Waals surface area (Å²) in [6.45, 7) is 2.04. The van der Waals surface area contributed by atoms with Gasteiger partial charge in [0.1, 0.15) is 11.6 Å². The molecule has 4 N–H and O–H groups in total. The molecule has 6 nitrogen and oxygen atoms in total. The third-order valence-electron chi connectivity index (χ3n) is 6.91. The highest BCUT2D eigenvalue weighted by Gasteiger charge is 2.19. The normalized spacial score (nSPS) is 15.3. The lowest BCUT2D eigenvalue weighted by Crippen LogP contribution is -2.23. The van der Waals surface area contributed by atoms with Crippen LogP contribution in [0.3, 0.4) is 0 Å². The number of nitrogens with two attached hydrogens (primary N) is 1. The molecule has 0 amide bonds. The van der Waals surface area contributed by atoms with E-state index in [0.29, 0.717) is 11.9 Å². The molecule has 1 aliphatic rings. The van der Waals surface area contributed by atoms with E-state index >= 15 is 0 Å². The van der Waals surface area contributed by atoms with Gasteiger partial charge in [0, 0.05) is 17.8 Å². The second kappa shape index (κ2) is 10.2. The van der Waals surface area contributed by atoms with Gasteiger partial charge in [0.2, 0.25) is 0 Å². The third-order valence-corrected chi connectivity index (χ3v) is 6.91. The van der Waals surface area contributed by atoms with E-state index in [2.05, 4.69) is 41.8 Å². The Morgan fingerprint density at radius 2 is 1.83 bits per heavy atom. The van der Waals surface area contributed by atoms with E-state index < -0.39 is 0 Å². The Hall–Kier alpha value is -3.80. The predicted octanol–water partition coefficient (Wildman–Crippen LogP) is 6.44. The second-order valence-electron chi connectivity index (χ2n) is 9.35. The van der Waals surface area contributed by atoms with Crippen molar-refractivity contribution in [2.24, 2.45) is 10.7 Å². The van der Waals surface area contributed by atoms with Gasteiger partial charge in [-0.25, -0.2) is 9.51 Å². The largest absolute Gasteiger partial charge is 0.508 e. The van der Waals surface area contributed by atoms with E-state index in [9.17, 15) is 5.11 Å². The molecule has 4 aromatic rings. The van der Waals surface area contributed by atoms with Crippen LogP contribution in [0.4, 0.5) is 11.4 Å². The van der Waals surface area contributed by atoms with Crippen LogP contribution in [0.1, 0.15) is 56.6 Å². The zero-order valence-electron chi connectivity index (χ0n) is 20.2. The summed E-state index contributed by atoms with van der Waals surface area (Å²) < 4.78 is 1.93. The van der Waals surface area contributed by atoms with Crippen molar-refractivity contribution in [1.29, 1.82) is 0 Å². The van der Waals surface area contributed by atoms with Gasteiger partial charge in [-0.1, -0.05) is 62.9 Å². The first kappa shape index (κ1) is 23.0. The lowest BCUT2D eigenvalue weighted by atomic mass is 10.1. The van der Waals surface area contributed by atoms with Crippen LogP contribution in [0.15, 0.2) is 72.0 Å². The van der Waals surface area contributed by atoms with Crippen molar-refractivity contribution in [3.63, 3.8) is 0 Å². The summed E-state index contributed by atoms with van der Waals surface area (Å²) in [5.74, 6) is 0.652. The lowest BCUT2D eigenvalue weighted by molar-refractivity contribution is 0.474. The molecular weight excluding hydrogens is 434 g/mol. The van der Waals surface area contributed by atoms with Crippen LogP contribution in [0, 0.1) is 0 Å². The number of amidine groups is 1. The molecule has 0 radical (unpaired) electrons. The van der Waals surface area contributed by atoms with Crippen molar-refractivity contribution < 1.29 is 5.11 Å². The Kier molecular flexibility index (Phi) is 6.70. The Labute approximate surface area is 206 Å². The van der Waals surface area contributed by atoms with E-state index in [1.165, 1.54) is 25.7 Å². The highest BCUT2D eigenvalue weighted by atomic mass is 16.3. The zero-order valence-corrected chi connectivity index (χ0v) is 20.2. The molecule has 0 bridgehead atoms. The van der Waals surface area contributed by atoms with E-state index in [-0.39, 0.29) is 5.75 Å². The molecule has 1 saturated carbocycles. The summed E-state index contributed by atoms with van der Waals surface area (Å²) in [7, 11) is 0. The molecule has 0 atom stereocenters. The first-order chi connectivity index (χ1) is 17.1. The number of aromatic hydroxyl groups is 1. The van der Waals surface area contributed by atoms with Gasteiger partial charge in [-0.05, 0) is 54.7 Å². The smallest absolute Gasteiger partial charge is 0.135 e. The van der Waals surface area contributed by atoms with Crippen molar-refractivity contribution in [2.75, 3.05) is 5.32 Å². The maximum atomic E-state index is 9.88. The number of aryl methyl sites for hydroxylation is 1. The van der Waals surface area contributed by atoms with E-state index in [1.54, 1.807) is 12.1 Å². The Balaban J connectivity index is 1.61. The standard InChI is InChI=1S/C29H33N5O/c1-2-20-16-24(35)14-15-26(20)33-29(30)25-18-31-34-19-22(21-10-6-5-7-11-21)17-27(34)28(25)32-23-12-8-3-4-9-13-23/h5-7,10-11,14-19,23,32,35H,2-4,8-9,12-13H2,1H3,(H2,30,33).